The molecule has 12 nitrogen and oxygen atoms in total. The zero-order chi connectivity index (χ0) is 29.0. The lowest BCUT2D eigenvalue weighted by molar-refractivity contribution is -0.200. The number of piperidine rings is 1. The first kappa shape index (κ1) is 30.1. The first-order valence-corrected chi connectivity index (χ1v) is 13.7. The van der Waals surface area contributed by atoms with Crippen LogP contribution in [0.15, 0.2) is 29.2 Å². The summed E-state index contributed by atoms with van der Waals surface area (Å²) in [6, 6.07) is 0.451. The Morgan fingerprint density at radius 1 is 1.21 bits per heavy atom. The second-order valence-electron chi connectivity index (χ2n) is 9.52. The quantitative estimate of drug-likeness (QED) is 0.191. The second-order valence-corrected chi connectivity index (χ2v) is 11.2. The Hall–Kier alpha value is -3.40. The first-order chi connectivity index (χ1) is 18.2. The van der Waals surface area contributed by atoms with E-state index in [1.54, 1.807) is 4.90 Å². The molecule has 0 aromatic heterocycles. The third kappa shape index (κ3) is 8.54. The van der Waals surface area contributed by atoms with Crippen molar-refractivity contribution in [2.75, 3.05) is 19.6 Å². The average molecular weight is 577 g/mol. The zero-order valence-electron chi connectivity index (χ0n) is 21.2. The molecule has 0 bridgehead atoms. The number of sulfonamides is 1. The summed E-state index contributed by atoms with van der Waals surface area (Å²) < 4.78 is 66.8. The van der Waals surface area contributed by atoms with Crippen molar-refractivity contribution in [1.29, 1.82) is 5.41 Å². The highest BCUT2D eigenvalue weighted by molar-refractivity contribution is 7.89. The fraction of sp³-hybridized carbons (Fsp3) is 0.565. The summed E-state index contributed by atoms with van der Waals surface area (Å²) in [7, 11) is -4.56. The Morgan fingerprint density at radius 2 is 1.85 bits per heavy atom. The number of hydroxylamine groups is 2. The molecule has 1 aliphatic carbocycles. The predicted octanol–water partition coefficient (Wildman–Crippen LogP) is 0.933. The maximum absolute atomic E-state index is 13.3. The van der Waals surface area contributed by atoms with E-state index >= 15 is 0 Å². The molecule has 1 saturated heterocycles. The Kier molecular flexibility index (Phi) is 9.43. The minimum absolute atomic E-state index is 0.0337. The number of nitrogens with two attached hydrogens (primary N) is 1. The fourth-order valence-electron chi connectivity index (χ4n) is 4.12. The summed E-state index contributed by atoms with van der Waals surface area (Å²) in [6.45, 7) is 2.31. The van der Waals surface area contributed by atoms with Gasteiger partial charge in [0.1, 0.15) is 6.04 Å². The topological polar surface area (TPSA) is 175 Å². The lowest BCUT2D eigenvalue weighted by Gasteiger charge is -2.33. The van der Waals surface area contributed by atoms with Crippen LogP contribution in [0.2, 0.25) is 0 Å². The molecule has 1 aromatic rings. The number of alkyl halides is 3. The molecule has 216 valence electrons. The van der Waals surface area contributed by atoms with Gasteiger partial charge in [-0.1, -0.05) is 0 Å². The molecule has 0 radical (unpaired) electrons. The van der Waals surface area contributed by atoms with Crippen molar-refractivity contribution >= 4 is 33.8 Å². The van der Waals surface area contributed by atoms with Crippen molar-refractivity contribution in [3.8, 4) is 0 Å². The number of hydrogen-bond donors (Lipinski definition) is 4. The molecule has 2 amide bonds. The Bertz CT molecular complexity index is 1190. The van der Waals surface area contributed by atoms with Gasteiger partial charge >= 0.3 is 12.1 Å². The monoisotopic (exact) mass is 576 g/mol. The van der Waals surface area contributed by atoms with Gasteiger partial charge in [0.25, 0.3) is 5.91 Å². The van der Waals surface area contributed by atoms with Gasteiger partial charge in [-0.05, 0) is 55.9 Å². The van der Waals surface area contributed by atoms with Crippen LogP contribution in [0, 0.1) is 11.3 Å². The van der Waals surface area contributed by atoms with Crippen molar-refractivity contribution in [3.63, 3.8) is 0 Å². The summed E-state index contributed by atoms with van der Waals surface area (Å²) in [5.41, 5.74) is 4.48. The van der Waals surface area contributed by atoms with Gasteiger partial charge in [-0.3, -0.25) is 19.8 Å². The molecule has 1 heterocycles. The van der Waals surface area contributed by atoms with Crippen LogP contribution >= 0.6 is 0 Å². The molecule has 39 heavy (non-hydrogen) atoms. The predicted molar refractivity (Wildman–Crippen MR) is 131 cm³/mol. The number of halogens is 3. The van der Waals surface area contributed by atoms with Gasteiger partial charge in [0.05, 0.1) is 22.9 Å². The number of carbonyl (C=O) groups is 3. The van der Waals surface area contributed by atoms with Crippen molar-refractivity contribution in [2.45, 2.75) is 62.2 Å². The lowest BCUT2D eigenvalue weighted by Crippen LogP contribution is -2.52. The molecule has 5 N–H and O–H groups in total. The maximum atomic E-state index is 13.3. The van der Waals surface area contributed by atoms with Crippen LogP contribution in [0.25, 0.3) is 0 Å². The largest absolute Gasteiger partial charge is 0.416 e. The van der Waals surface area contributed by atoms with E-state index in [2.05, 4.69) is 10.0 Å². The first-order valence-electron chi connectivity index (χ1n) is 12.2. The highest BCUT2D eigenvalue weighted by atomic mass is 32.2. The van der Waals surface area contributed by atoms with Crippen LogP contribution in [0.4, 0.5) is 13.2 Å². The van der Waals surface area contributed by atoms with Gasteiger partial charge in [-0.25, -0.2) is 8.42 Å². The Balaban J connectivity index is 1.75. The number of benzene rings is 1. The average Bonchev–Trinajstić information content (AvgIpc) is 3.70. The van der Waals surface area contributed by atoms with Crippen molar-refractivity contribution < 1.29 is 40.8 Å². The molecule has 2 atom stereocenters. The lowest BCUT2D eigenvalue weighted by atomic mass is 9.98. The molecular weight excluding hydrogens is 545 g/mol. The molecule has 1 aliphatic heterocycles. The minimum Gasteiger partial charge on any atom is -0.370 e. The molecule has 3 rings (SSSR count). The summed E-state index contributed by atoms with van der Waals surface area (Å²) in [6.07, 6.45) is -2.83. The number of nitrogens with one attached hydrogen (secondary N) is 3. The standard InChI is InChI=1S/C23H31F3N6O6S/c1-14(33)38-32(17-6-7-17)21(35)19(11-20(34)29-12-15-3-2-10-31(13-15)22(27)28)30-39(36,37)18-8-4-16(5-9-18)23(24,25)26/h4-5,8-9,15,17,19,30H,2-3,6-7,10-13H2,1H3,(H3,27,28)(H,29,34)/t15-,19-/m0/s1. The number of carbonyl (C=O) groups excluding carboxylic acids is 3. The number of hydrogen-bond acceptors (Lipinski definition) is 7. The van der Waals surface area contributed by atoms with Crippen LogP contribution in [0.5, 0.6) is 0 Å². The molecule has 1 aromatic carbocycles. The van der Waals surface area contributed by atoms with Crippen molar-refractivity contribution in [3.05, 3.63) is 29.8 Å². The number of guanidine groups is 1. The molecular formula is C23H31F3N6O6S. The SMILES string of the molecule is CC(=O)ON(C(=O)[C@H](CC(=O)NC[C@@H]1CCCN(C(=N)N)C1)NS(=O)(=O)c1ccc(C(F)(F)F)cc1)C1CC1. The highest BCUT2D eigenvalue weighted by Crippen LogP contribution is 2.30. The van der Waals surface area contributed by atoms with Crippen molar-refractivity contribution in [2.24, 2.45) is 11.7 Å². The van der Waals surface area contributed by atoms with Gasteiger partial charge in [0.2, 0.25) is 15.9 Å². The molecule has 2 aliphatic rings. The summed E-state index contributed by atoms with van der Waals surface area (Å²) >= 11 is 0. The summed E-state index contributed by atoms with van der Waals surface area (Å²) in [5.74, 6) is -2.61. The fourth-order valence-corrected chi connectivity index (χ4v) is 5.31. The molecule has 2 fully saturated rings. The number of likely N-dealkylation sites (tertiary alicyclic amines) is 1. The van der Waals surface area contributed by atoms with Crippen LogP contribution in [-0.2, 0) is 35.4 Å². The molecule has 1 saturated carbocycles. The minimum atomic E-state index is -4.68. The van der Waals surface area contributed by atoms with E-state index in [0.29, 0.717) is 38.1 Å². The third-order valence-electron chi connectivity index (χ3n) is 6.25. The number of nitrogens with zero attached hydrogens (tertiary/aromatic N) is 2. The summed E-state index contributed by atoms with van der Waals surface area (Å²) in [5, 5.41) is 11.0. The molecule has 16 heteroatoms. The van der Waals surface area contributed by atoms with Gasteiger partial charge in [-0.15, -0.1) is 0 Å². The van der Waals surface area contributed by atoms with Crippen LogP contribution in [-0.4, -0.2) is 73.8 Å². The van der Waals surface area contributed by atoms with E-state index in [1.807, 2.05) is 0 Å². The van der Waals surface area contributed by atoms with E-state index in [1.165, 1.54) is 0 Å². The van der Waals surface area contributed by atoms with E-state index in [4.69, 9.17) is 16.0 Å². The summed E-state index contributed by atoms with van der Waals surface area (Å²) in [4.78, 5) is 43.7. The number of rotatable bonds is 9. The van der Waals surface area contributed by atoms with Crippen LogP contribution in [0.1, 0.15) is 44.6 Å². The van der Waals surface area contributed by atoms with E-state index in [-0.39, 0.29) is 18.4 Å². The Labute approximate surface area is 223 Å². The molecule has 0 spiro atoms. The van der Waals surface area contributed by atoms with E-state index in [9.17, 15) is 36.0 Å². The smallest absolute Gasteiger partial charge is 0.370 e. The highest BCUT2D eigenvalue weighted by Gasteiger charge is 2.41. The van der Waals surface area contributed by atoms with Gasteiger partial charge < -0.3 is 20.8 Å². The van der Waals surface area contributed by atoms with Gasteiger partial charge in [0.15, 0.2) is 5.96 Å². The number of amides is 2. The second kappa shape index (κ2) is 12.2. The van der Waals surface area contributed by atoms with Crippen molar-refractivity contribution in [1.82, 2.24) is 20.0 Å². The van der Waals surface area contributed by atoms with Gasteiger partial charge in [-0.2, -0.15) is 23.0 Å². The Morgan fingerprint density at radius 3 is 2.38 bits per heavy atom. The normalized spacial score (nSPS) is 18.7. The van der Waals surface area contributed by atoms with E-state index in [0.717, 1.165) is 37.0 Å². The van der Waals surface area contributed by atoms with E-state index < -0.39 is 62.9 Å². The van der Waals surface area contributed by atoms with Gasteiger partial charge in [0, 0.05) is 26.6 Å². The van der Waals surface area contributed by atoms with Crippen LogP contribution in [0.3, 0.4) is 0 Å². The van der Waals surface area contributed by atoms with Crippen LogP contribution < -0.4 is 15.8 Å². The molecule has 0 unspecified atom stereocenters. The third-order valence-corrected chi connectivity index (χ3v) is 7.73. The maximum Gasteiger partial charge on any atom is 0.416 e. The zero-order valence-corrected chi connectivity index (χ0v) is 22.0.